The predicted molar refractivity (Wildman–Crippen MR) is 40.0 cm³/mol. The average molecular weight is 158 g/mol. The maximum Gasteiger partial charge on any atom is 0.133 e. The smallest absolute Gasteiger partial charge is 0.133 e. The molecule has 0 aromatic heterocycles. The van der Waals surface area contributed by atoms with Crippen LogP contribution in [0.2, 0.25) is 0 Å². The monoisotopic (exact) mass is 158 g/mol. The fourth-order valence-electron chi connectivity index (χ4n) is 1.50. The van der Waals surface area contributed by atoms with Gasteiger partial charge in [0.2, 0.25) is 0 Å². The number of aliphatic hydroxyl groups excluding tert-OH is 2. The molecule has 3 heteroatoms. The van der Waals surface area contributed by atoms with Crippen molar-refractivity contribution in [1.82, 2.24) is 0 Å². The number of aliphatic hydroxyl groups is 2. The van der Waals surface area contributed by atoms with E-state index in [4.69, 9.17) is 5.11 Å². The van der Waals surface area contributed by atoms with Gasteiger partial charge < -0.3 is 10.2 Å². The number of ketones is 1. The molecule has 0 saturated heterocycles. The first-order chi connectivity index (χ1) is 5.11. The second kappa shape index (κ2) is 3.32. The molecular weight excluding hydrogens is 144 g/mol. The van der Waals surface area contributed by atoms with Gasteiger partial charge in [0, 0.05) is 5.92 Å². The summed E-state index contributed by atoms with van der Waals surface area (Å²) in [4.78, 5) is 10.9. The Morgan fingerprint density at radius 1 is 1.27 bits per heavy atom. The van der Waals surface area contributed by atoms with Crippen LogP contribution >= 0.6 is 0 Å². The Labute approximate surface area is 66.0 Å². The number of hydrogen-bond donors (Lipinski definition) is 2. The lowest BCUT2D eigenvalue weighted by Gasteiger charge is -2.28. The highest BCUT2D eigenvalue weighted by atomic mass is 16.3. The zero-order valence-electron chi connectivity index (χ0n) is 6.66. The van der Waals surface area contributed by atoms with Crippen molar-refractivity contribution in [2.24, 2.45) is 5.92 Å². The Morgan fingerprint density at radius 2 is 1.91 bits per heavy atom. The molecule has 0 heterocycles. The third-order valence-corrected chi connectivity index (χ3v) is 2.36. The fourth-order valence-corrected chi connectivity index (χ4v) is 1.50. The fraction of sp³-hybridized carbons (Fsp3) is 0.875. The molecule has 3 atom stereocenters. The quantitative estimate of drug-likeness (QED) is 0.569. The van der Waals surface area contributed by atoms with E-state index in [9.17, 15) is 9.90 Å². The third kappa shape index (κ3) is 2.01. The molecule has 3 nitrogen and oxygen atoms in total. The molecule has 0 aliphatic heterocycles. The van der Waals surface area contributed by atoms with E-state index in [2.05, 4.69) is 0 Å². The highest BCUT2D eigenvalue weighted by molar-refractivity contribution is 5.78. The van der Waals surface area contributed by atoms with Gasteiger partial charge in [-0.15, -0.1) is 0 Å². The van der Waals surface area contributed by atoms with E-state index in [1.165, 1.54) is 6.92 Å². The first-order valence-corrected chi connectivity index (χ1v) is 3.98. The van der Waals surface area contributed by atoms with Crippen LogP contribution in [0.25, 0.3) is 0 Å². The first-order valence-electron chi connectivity index (χ1n) is 3.98. The van der Waals surface area contributed by atoms with E-state index < -0.39 is 12.2 Å². The minimum atomic E-state index is -0.697. The molecule has 0 unspecified atom stereocenters. The van der Waals surface area contributed by atoms with Gasteiger partial charge in [-0.05, 0) is 26.2 Å². The summed E-state index contributed by atoms with van der Waals surface area (Å²) in [6.45, 7) is 1.54. The molecule has 0 bridgehead atoms. The summed E-state index contributed by atoms with van der Waals surface area (Å²) in [7, 11) is 0. The van der Waals surface area contributed by atoms with Crippen LogP contribution < -0.4 is 0 Å². The highest BCUT2D eigenvalue weighted by Gasteiger charge is 2.29. The summed E-state index contributed by atoms with van der Waals surface area (Å²) < 4.78 is 0. The Hall–Kier alpha value is -0.410. The minimum Gasteiger partial charge on any atom is -0.390 e. The van der Waals surface area contributed by atoms with E-state index in [0.717, 1.165) is 0 Å². The number of carbonyl (C=O) groups excluding carboxylic acids is 1. The summed E-state index contributed by atoms with van der Waals surface area (Å²) in [5.74, 6) is 0.0874. The van der Waals surface area contributed by atoms with Gasteiger partial charge in [0.05, 0.1) is 12.2 Å². The van der Waals surface area contributed by atoms with Crippen LogP contribution in [0, 0.1) is 5.92 Å². The lowest BCUT2D eigenvalue weighted by molar-refractivity contribution is -0.125. The van der Waals surface area contributed by atoms with Crippen molar-refractivity contribution in [3.05, 3.63) is 0 Å². The molecule has 0 radical (unpaired) electrons. The molecule has 1 aliphatic carbocycles. The van der Waals surface area contributed by atoms with Crippen molar-refractivity contribution in [3.8, 4) is 0 Å². The predicted octanol–water partition coefficient (Wildman–Crippen LogP) is 0.0973. The van der Waals surface area contributed by atoms with Crippen molar-refractivity contribution < 1.29 is 15.0 Å². The van der Waals surface area contributed by atoms with Crippen LogP contribution in [0.5, 0.6) is 0 Å². The summed E-state index contributed by atoms with van der Waals surface area (Å²) in [5.41, 5.74) is 0. The summed E-state index contributed by atoms with van der Waals surface area (Å²) in [5, 5.41) is 18.3. The minimum absolute atomic E-state index is 0.0339. The van der Waals surface area contributed by atoms with Gasteiger partial charge in [-0.25, -0.2) is 0 Å². The lowest BCUT2D eigenvalue weighted by atomic mass is 9.83. The standard InChI is InChI=1S/C8H14O3/c1-5(9)6-2-3-7(10)8(11)4-6/h6-8,10-11H,2-4H2,1H3/t6-,7-,8-/m1/s1. The van der Waals surface area contributed by atoms with E-state index in [0.29, 0.717) is 19.3 Å². The van der Waals surface area contributed by atoms with E-state index >= 15 is 0 Å². The molecule has 1 aliphatic rings. The molecule has 0 aromatic carbocycles. The molecule has 64 valence electrons. The molecule has 1 fully saturated rings. The second-order valence-corrected chi connectivity index (χ2v) is 3.26. The van der Waals surface area contributed by atoms with Crippen LogP contribution in [-0.2, 0) is 4.79 Å². The maximum atomic E-state index is 10.9. The Balaban J connectivity index is 2.46. The highest BCUT2D eigenvalue weighted by Crippen LogP contribution is 2.24. The molecule has 0 aromatic rings. The Morgan fingerprint density at radius 3 is 2.36 bits per heavy atom. The van der Waals surface area contributed by atoms with E-state index in [1.807, 2.05) is 0 Å². The van der Waals surface area contributed by atoms with Crippen molar-refractivity contribution in [2.75, 3.05) is 0 Å². The molecule has 0 spiro atoms. The van der Waals surface area contributed by atoms with Gasteiger partial charge in [0.15, 0.2) is 0 Å². The third-order valence-electron chi connectivity index (χ3n) is 2.36. The van der Waals surface area contributed by atoms with Gasteiger partial charge in [-0.1, -0.05) is 0 Å². The van der Waals surface area contributed by atoms with Crippen molar-refractivity contribution in [3.63, 3.8) is 0 Å². The maximum absolute atomic E-state index is 10.9. The van der Waals surface area contributed by atoms with E-state index in [-0.39, 0.29) is 11.7 Å². The van der Waals surface area contributed by atoms with E-state index in [1.54, 1.807) is 0 Å². The zero-order chi connectivity index (χ0) is 8.43. The van der Waals surface area contributed by atoms with Gasteiger partial charge in [-0.3, -0.25) is 4.79 Å². The van der Waals surface area contributed by atoms with Gasteiger partial charge in [-0.2, -0.15) is 0 Å². The number of Topliss-reactive ketones (excluding diaryl/α,β-unsaturated/α-hetero) is 1. The van der Waals surface area contributed by atoms with Crippen LogP contribution in [0.3, 0.4) is 0 Å². The molecule has 11 heavy (non-hydrogen) atoms. The van der Waals surface area contributed by atoms with Gasteiger partial charge >= 0.3 is 0 Å². The summed E-state index contributed by atoms with van der Waals surface area (Å²) in [6, 6.07) is 0. The zero-order valence-corrected chi connectivity index (χ0v) is 6.66. The average Bonchev–Trinajstić information content (AvgIpc) is 1.94. The van der Waals surface area contributed by atoms with Crippen LogP contribution in [0.4, 0.5) is 0 Å². The van der Waals surface area contributed by atoms with Gasteiger partial charge in [0.25, 0.3) is 0 Å². The summed E-state index contributed by atoms with van der Waals surface area (Å²) >= 11 is 0. The number of hydrogen-bond acceptors (Lipinski definition) is 3. The molecule has 0 amide bonds. The molecular formula is C8H14O3. The number of carbonyl (C=O) groups is 1. The van der Waals surface area contributed by atoms with Crippen LogP contribution in [-0.4, -0.2) is 28.2 Å². The van der Waals surface area contributed by atoms with Crippen LogP contribution in [0.1, 0.15) is 26.2 Å². The van der Waals surface area contributed by atoms with Gasteiger partial charge in [0.1, 0.15) is 5.78 Å². The Bertz CT molecular complexity index is 155. The molecule has 1 rings (SSSR count). The SMILES string of the molecule is CC(=O)[C@@H]1CC[C@@H](O)[C@H](O)C1. The number of rotatable bonds is 1. The molecule has 1 saturated carbocycles. The van der Waals surface area contributed by atoms with Crippen molar-refractivity contribution in [1.29, 1.82) is 0 Å². The lowest BCUT2D eigenvalue weighted by Crippen LogP contribution is -2.35. The first kappa shape index (κ1) is 8.68. The Kier molecular flexibility index (Phi) is 2.62. The van der Waals surface area contributed by atoms with Crippen LogP contribution in [0.15, 0.2) is 0 Å². The topological polar surface area (TPSA) is 57.5 Å². The normalized spacial score (nSPS) is 38.6. The summed E-state index contributed by atoms with van der Waals surface area (Å²) in [6.07, 6.45) is 0.374. The largest absolute Gasteiger partial charge is 0.390 e. The van der Waals surface area contributed by atoms with Crippen molar-refractivity contribution >= 4 is 5.78 Å². The molecule has 2 N–H and O–H groups in total. The van der Waals surface area contributed by atoms with Crippen molar-refractivity contribution in [2.45, 2.75) is 38.4 Å². The second-order valence-electron chi connectivity index (χ2n) is 3.26.